The van der Waals surface area contributed by atoms with Crippen molar-refractivity contribution in [2.24, 2.45) is 22.7 Å². The molecule has 5 heteroatoms. The van der Waals surface area contributed by atoms with Crippen LogP contribution in [-0.2, 0) is 24.3 Å². The summed E-state index contributed by atoms with van der Waals surface area (Å²) in [4.78, 5) is 13.8. The number of ether oxygens (including phenoxy) is 1. The van der Waals surface area contributed by atoms with Crippen molar-refractivity contribution < 1.29 is 19.7 Å². The first-order valence-corrected chi connectivity index (χ1v) is 11.5. The normalized spacial score (nSPS) is 38.7. The first-order chi connectivity index (χ1) is 14.0. The minimum Gasteiger partial charge on any atom is -0.508 e. The molecule has 2 N–H and O–H groups in total. The Morgan fingerprint density at radius 2 is 1.90 bits per heavy atom. The predicted molar refractivity (Wildman–Crippen MR) is 114 cm³/mol. The number of phenolic OH excluding ortho intramolecular Hbond substituents is 1. The van der Waals surface area contributed by atoms with Crippen LogP contribution in [0.2, 0.25) is 0 Å². The fourth-order valence-corrected chi connectivity index (χ4v) is 7.35. The van der Waals surface area contributed by atoms with Gasteiger partial charge >= 0.3 is 0 Å². The smallest absolute Gasteiger partial charge is 0.220 e. The molecule has 2 heterocycles. The highest BCUT2D eigenvalue weighted by Gasteiger charge is 2.67. The first-order valence-electron chi connectivity index (χ1n) is 11.5. The van der Waals surface area contributed by atoms with Crippen LogP contribution < -0.4 is 4.74 Å². The van der Waals surface area contributed by atoms with Crippen molar-refractivity contribution in [3.8, 4) is 11.5 Å². The fourth-order valence-electron chi connectivity index (χ4n) is 7.35. The summed E-state index contributed by atoms with van der Waals surface area (Å²) in [6.07, 6.45) is 4.20. The number of aromatic hydroxyl groups is 1. The summed E-state index contributed by atoms with van der Waals surface area (Å²) in [6.45, 7) is 11.7. The average molecular weight is 414 g/mol. The van der Waals surface area contributed by atoms with Crippen LogP contribution in [0.3, 0.4) is 0 Å². The number of amides is 1. The summed E-state index contributed by atoms with van der Waals surface area (Å²) < 4.78 is 7.13. The molecule has 2 fully saturated rings. The highest BCUT2D eigenvalue weighted by atomic mass is 16.5. The van der Waals surface area contributed by atoms with Gasteiger partial charge in [-0.25, -0.2) is 0 Å². The Labute approximate surface area is 179 Å². The van der Waals surface area contributed by atoms with Gasteiger partial charge in [0.2, 0.25) is 5.91 Å². The van der Waals surface area contributed by atoms with Crippen molar-refractivity contribution in [2.75, 3.05) is 0 Å². The third-order valence-corrected chi connectivity index (χ3v) is 9.59. The SMILES string of the molecule is CC(=O)N1Cc2cc(O)c3c(c2C1)O[C@@]12CC[C@@H](O)C(C)(C)[C@@H]1CC[C@H](C)[C@@]2(C)C3. The molecule has 0 saturated heterocycles. The Bertz CT molecular complexity index is 924. The van der Waals surface area contributed by atoms with Crippen LogP contribution in [0.4, 0.5) is 0 Å². The number of fused-ring (bicyclic) bond motifs is 3. The van der Waals surface area contributed by atoms with Crippen LogP contribution in [0.15, 0.2) is 6.07 Å². The Morgan fingerprint density at radius 3 is 2.60 bits per heavy atom. The Hall–Kier alpha value is -1.75. The number of carbonyl (C=O) groups excluding carboxylic acids is 1. The van der Waals surface area contributed by atoms with Gasteiger partial charge in [-0.1, -0.05) is 27.7 Å². The van der Waals surface area contributed by atoms with Crippen LogP contribution in [0.25, 0.3) is 0 Å². The van der Waals surface area contributed by atoms with Gasteiger partial charge in [0.15, 0.2) is 0 Å². The number of aliphatic hydroxyl groups excluding tert-OH is 1. The van der Waals surface area contributed by atoms with Crippen molar-refractivity contribution >= 4 is 5.91 Å². The predicted octanol–water partition coefficient (Wildman–Crippen LogP) is 4.16. The number of carbonyl (C=O) groups is 1. The quantitative estimate of drug-likeness (QED) is 0.670. The van der Waals surface area contributed by atoms with E-state index in [-0.39, 0.29) is 34.4 Å². The first kappa shape index (κ1) is 20.2. The van der Waals surface area contributed by atoms with Crippen LogP contribution in [0.1, 0.15) is 77.0 Å². The van der Waals surface area contributed by atoms with Crippen LogP contribution in [-0.4, -0.2) is 32.7 Å². The van der Waals surface area contributed by atoms with Gasteiger partial charge in [0.05, 0.1) is 6.10 Å². The van der Waals surface area contributed by atoms with Crippen molar-refractivity contribution in [1.29, 1.82) is 0 Å². The maximum absolute atomic E-state index is 12.0. The molecular weight excluding hydrogens is 378 g/mol. The van der Waals surface area contributed by atoms with Crippen LogP contribution >= 0.6 is 0 Å². The Morgan fingerprint density at radius 1 is 1.17 bits per heavy atom. The molecule has 1 aromatic rings. The number of hydrogen-bond donors (Lipinski definition) is 2. The number of benzene rings is 1. The molecule has 2 aliphatic heterocycles. The van der Waals surface area contributed by atoms with E-state index < -0.39 is 0 Å². The molecule has 0 bridgehead atoms. The van der Waals surface area contributed by atoms with Crippen LogP contribution in [0.5, 0.6) is 11.5 Å². The van der Waals surface area contributed by atoms with Gasteiger partial charge in [-0.05, 0) is 55.1 Å². The lowest BCUT2D eigenvalue weighted by atomic mass is 9.43. The summed E-state index contributed by atoms with van der Waals surface area (Å²) in [5, 5.41) is 21.8. The number of hydrogen-bond acceptors (Lipinski definition) is 4. The largest absolute Gasteiger partial charge is 0.508 e. The van der Waals surface area contributed by atoms with Crippen molar-refractivity contribution in [3.05, 3.63) is 22.8 Å². The van der Waals surface area contributed by atoms with Gasteiger partial charge < -0.3 is 19.8 Å². The molecule has 1 spiro atoms. The van der Waals surface area contributed by atoms with E-state index in [0.717, 1.165) is 54.5 Å². The minimum atomic E-state index is -0.356. The molecule has 0 unspecified atom stereocenters. The van der Waals surface area contributed by atoms with E-state index in [4.69, 9.17) is 4.74 Å². The maximum Gasteiger partial charge on any atom is 0.220 e. The van der Waals surface area contributed by atoms with Crippen molar-refractivity contribution in [3.63, 3.8) is 0 Å². The zero-order valence-corrected chi connectivity index (χ0v) is 18.9. The van der Waals surface area contributed by atoms with Gasteiger partial charge in [0, 0.05) is 42.5 Å². The Kier molecular flexibility index (Phi) is 4.14. The van der Waals surface area contributed by atoms with E-state index in [1.165, 1.54) is 0 Å². The molecule has 5 rings (SSSR count). The third kappa shape index (κ3) is 2.36. The molecule has 2 aliphatic carbocycles. The van der Waals surface area contributed by atoms with E-state index in [0.29, 0.717) is 24.8 Å². The van der Waals surface area contributed by atoms with E-state index in [2.05, 4.69) is 27.7 Å². The Balaban J connectivity index is 1.68. The number of aliphatic hydroxyl groups is 1. The summed E-state index contributed by atoms with van der Waals surface area (Å²) in [5.74, 6) is 1.89. The van der Waals surface area contributed by atoms with Crippen LogP contribution in [0, 0.1) is 22.7 Å². The second-order valence-corrected chi connectivity index (χ2v) is 11.2. The summed E-state index contributed by atoms with van der Waals surface area (Å²) in [5.41, 5.74) is 2.29. The van der Waals surface area contributed by atoms with E-state index in [1.807, 2.05) is 11.0 Å². The van der Waals surface area contributed by atoms with Gasteiger partial charge in [-0.3, -0.25) is 4.79 Å². The molecular formula is C25H35NO4. The second-order valence-electron chi connectivity index (χ2n) is 11.2. The van der Waals surface area contributed by atoms with Gasteiger partial charge in [0.1, 0.15) is 17.1 Å². The molecule has 30 heavy (non-hydrogen) atoms. The number of phenols is 1. The lowest BCUT2D eigenvalue weighted by molar-refractivity contribution is -0.233. The molecule has 5 atom stereocenters. The number of nitrogens with zero attached hydrogens (tertiary/aromatic N) is 1. The monoisotopic (exact) mass is 413 g/mol. The molecule has 2 saturated carbocycles. The van der Waals surface area contributed by atoms with Crippen molar-refractivity contribution in [2.45, 2.75) is 91.5 Å². The van der Waals surface area contributed by atoms with Gasteiger partial charge in [-0.2, -0.15) is 0 Å². The lowest BCUT2D eigenvalue weighted by Crippen LogP contribution is -2.70. The molecule has 1 aromatic carbocycles. The maximum atomic E-state index is 12.0. The molecule has 5 nitrogen and oxygen atoms in total. The van der Waals surface area contributed by atoms with Gasteiger partial charge in [0.25, 0.3) is 0 Å². The topological polar surface area (TPSA) is 70.0 Å². The summed E-state index contributed by atoms with van der Waals surface area (Å²) in [6, 6.07) is 1.85. The molecule has 0 radical (unpaired) electrons. The van der Waals surface area contributed by atoms with E-state index >= 15 is 0 Å². The van der Waals surface area contributed by atoms with Crippen molar-refractivity contribution in [1.82, 2.24) is 4.90 Å². The molecule has 1 amide bonds. The van der Waals surface area contributed by atoms with E-state index in [1.54, 1.807) is 6.92 Å². The molecule has 0 aromatic heterocycles. The highest BCUT2D eigenvalue weighted by molar-refractivity contribution is 5.75. The minimum absolute atomic E-state index is 0.0457. The zero-order chi connectivity index (χ0) is 21.6. The average Bonchev–Trinajstić information content (AvgIpc) is 3.10. The second kappa shape index (κ2) is 6.15. The summed E-state index contributed by atoms with van der Waals surface area (Å²) >= 11 is 0. The zero-order valence-electron chi connectivity index (χ0n) is 18.9. The lowest BCUT2D eigenvalue weighted by Gasteiger charge is -2.67. The molecule has 164 valence electrons. The standard InChI is InChI=1S/C25H35NO4/c1-14-6-7-20-23(3,4)21(29)8-9-25(20)24(14,5)11-17-19(28)10-16-12-26(15(2)27)13-18(16)22(17)30-25/h10,14,20-21,28-29H,6-9,11-13H2,1-5H3/t14-,20-,21+,24+,25-/m0/s1. The highest BCUT2D eigenvalue weighted by Crippen LogP contribution is 2.66. The van der Waals surface area contributed by atoms with E-state index in [9.17, 15) is 15.0 Å². The number of rotatable bonds is 0. The van der Waals surface area contributed by atoms with Gasteiger partial charge in [-0.15, -0.1) is 0 Å². The summed E-state index contributed by atoms with van der Waals surface area (Å²) in [7, 11) is 0. The molecule has 4 aliphatic rings. The fraction of sp³-hybridized carbons (Fsp3) is 0.720. The third-order valence-electron chi connectivity index (χ3n) is 9.59.